The molecule has 1 atom stereocenters. The second kappa shape index (κ2) is 6.59. The summed E-state index contributed by atoms with van der Waals surface area (Å²) in [5, 5.41) is 2.99. The average molecular weight is 251 g/mol. The highest BCUT2D eigenvalue weighted by Crippen LogP contribution is 2.07. The van der Waals surface area contributed by atoms with Gasteiger partial charge in [0, 0.05) is 18.3 Å². The Labute approximate surface area is 110 Å². The maximum Gasteiger partial charge on any atom is 0.267 e. The van der Waals surface area contributed by atoms with Crippen LogP contribution in [0.4, 0.5) is 0 Å². The number of carbonyl (C=O) groups excluding carboxylic acids is 1. The summed E-state index contributed by atoms with van der Waals surface area (Å²) in [5.41, 5.74) is 1.74. The molecule has 0 aromatic carbocycles. The van der Waals surface area contributed by atoms with Crippen molar-refractivity contribution in [1.29, 1.82) is 0 Å². The fourth-order valence-corrected chi connectivity index (χ4v) is 2.09. The van der Waals surface area contributed by atoms with Crippen molar-refractivity contribution in [2.24, 2.45) is 5.92 Å². The van der Waals surface area contributed by atoms with Gasteiger partial charge >= 0.3 is 0 Å². The van der Waals surface area contributed by atoms with Crippen LogP contribution in [0, 0.1) is 5.92 Å². The summed E-state index contributed by atoms with van der Waals surface area (Å²) in [5.74, 6) is 0.484. The summed E-state index contributed by atoms with van der Waals surface area (Å²) in [6, 6.07) is 4.16. The van der Waals surface area contributed by atoms with E-state index in [0.29, 0.717) is 24.2 Å². The SMILES string of the molecule is CCc1ccc(C(=O)NC[C@H](C(C)C)N(C)C)[nH]1. The average Bonchev–Trinajstić information content (AvgIpc) is 2.76. The molecule has 1 aromatic heterocycles. The van der Waals surface area contributed by atoms with Crippen LogP contribution in [-0.4, -0.2) is 42.5 Å². The molecule has 0 unspecified atom stereocenters. The molecule has 1 amide bonds. The third-order valence-corrected chi connectivity index (χ3v) is 3.28. The summed E-state index contributed by atoms with van der Waals surface area (Å²) in [4.78, 5) is 17.2. The zero-order chi connectivity index (χ0) is 13.7. The van der Waals surface area contributed by atoms with E-state index in [0.717, 1.165) is 12.1 Å². The van der Waals surface area contributed by atoms with E-state index in [2.05, 4.69) is 36.0 Å². The van der Waals surface area contributed by atoms with Crippen LogP contribution in [0.25, 0.3) is 0 Å². The van der Waals surface area contributed by atoms with Crippen LogP contribution in [-0.2, 0) is 6.42 Å². The standard InChI is InChI=1S/C14H25N3O/c1-6-11-7-8-12(16-11)14(18)15-9-13(10(2)3)17(4)5/h7-8,10,13,16H,6,9H2,1-5H3,(H,15,18)/t13-/m1/s1. The predicted molar refractivity (Wildman–Crippen MR) is 74.8 cm³/mol. The lowest BCUT2D eigenvalue weighted by molar-refractivity contribution is 0.0930. The molecule has 4 nitrogen and oxygen atoms in total. The first-order chi connectivity index (χ1) is 8.45. The van der Waals surface area contributed by atoms with Crippen molar-refractivity contribution in [3.05, 3.63) is 23.5 Å². The Bertz CT molecular complexity index is 374. The number of nitrogens with zero attached hydrogens (tertiary/aromatic N) is 1. The lowest BCUT2D eigenvalue weighted by atomic mass is 10.0. The van der Waals surface area contributed by atoms with E-state index < -0.39 is 0 Å². The number of likely N-dealkylation sites (N-methyl/N-ethyl adjacent to an activating group) is 1. The fraction of sp³-hybridized carbons (Fsp3) is 0.643. The number of hydrogen-bond donors (Lipinski definition) is 2. The quantitative estimate of drug-likeness (QED) is 0.811. The third-order valence-electron chi connectivity index (χ3n) is 3.28. The summed E-state index contributed by atoms with van der Waals surface area (Å²) < 4.78 is 0. The number of amides is 1. The Morgan fingerprint density at radius 2 is 2.06 bits per heavy atom. The van der Waals surface area contributed by atoms with Gasteiger partial charge in [0.05, 0.1) is 0 Å². The molecule has 1 heterocycles. The molecule has 102 valence electrons. The Hall–Kier alpha value is -1.29. The zero-order valence-corrected chi connectivity index (χ0v) is 12.1. The number of hydrogen-bond acceptors (Lipinski definition) is 2. The van der Waals surface area contributed by atoms with Crippen LogP contribution in [0.15, 0.2) is 12.1 Å². The monoisotopic (exact) mass is 251 g/mol. The van der Waals surface area contributed by atoms with Crippen molar-refractivity contribution < 1.29 is 4.79 Å². The molecule has 0 aliphatic rings. The van der Waals surface area contributed by atoms with Gasteiger partial charge in [-0.2, -0.15) is 0 Å². The van der Waals surface area contributed by atoms with Gasteiger partial charge in [0.2, 0.25) is 0 Å². The molecule has 1 rings (SSSR count). The molecule has 4 heteroatoms. The lowest BCUT2D eigenvalue weighted by Gasteiger charge is -2.27. The van der Waals surface area contributed by atoms with Crippen molar-refractivity contribution in [3.63, 3.8) is 0 Å². The van der Waals surface area contributed by atoms with E-state index in [9.17, 15) is 4.79 Å². The van der Waals surface area contributed by atoms with Crippen LogP contribution in [0.1, 0.15) is 37.0 Å². The molecule has 0 saturated heterocycles. The van der Waals surface area contributed by atoms with Gasteiger partial charge in [-0.1, -0.05) is 20.8 Å². The Kier molecular flexibility index (Phi) is 5.41. The van der Waals surface area contributed by atoms with Crippen molar-refractivity contribution >= 4 is 5.91 Å². The van der Waals surface area contributed by atoms with Crippen LogP contribution < -0.4 is 5.32 Å². The van der Waals surface area contributed by atoms with E-state index in [1.54, 1.807) is 0 Å². The highest BCUT2D eigenvalue weighted by atomic mass is 16.1. The highest BCUT2D eigenvalue weighted by Gasteiger charge is 2.17. The molecule has 0 aliphatic carbocycles. The summed E-state index contributed by atoms with van der Waals surface area (Å²) in [7, 11) is 4.08. The highest BCUT2D eigenvalue weighted by molar-refractivity contribution is 5.92. The minimum absolute atomic E-state index is 0.0257. The van der Waals surface area contributed by atoms with Crippen LogP contribution in [0.5, 0.6) is 0 Å². The minimum atomic E-state index is -0.0257. The number of carbonyl (C=O) groups is 1. The van der Waals surface area contributed by atoms with E-state index in [4.69, 9.17) is 0 Å². The number of H-pyrrole nitrogens is 1. The maximum atomic E-state index is 12.0. The molecule has 2 N–H and O–H groups in total. The summed E-state index contributed by atoms with van der Waals surface area (Å²) in [6.45, 7) is 7.07. The van der Waals surface area contributed by atoms with Crippen molar-refractivity contribution in [2.45, 2.75) is 33.2 Å². The van der Waals surface area contributed by atoms with Gasteiger partial charge in [-0.3, -0.25) is 4.79 Å². The number of nitrogens with one attached hydrogen (secondary N) is 2. The first-order valence-electron chi connectivity index (χ1n) is 6.58. The van der Waals surface area contributed by atoms with Crippen molar-refractivity contribution in [3.8, 4) is 0 Å². The van der Waals surface area contributed by atoms with Gasteiger partial charge in [-0.15, -0.1) is 0 Å². The Morgan fingerprint density at radius 3 is 2.50 bits per heavy atom. The number of rotatable bonds is 6. The first-order valence-corrected chi connectivity index (χ1v) is 6.58. The number of aromatic amines is 1. The zero-order valence-electron chi connectivity index (χ0n) is 12.1. The van der Waals surface area contributed by atoms with E-state index in [1.165, 1.54) is 0 Å². The molecule has 18 heavy (non-hydrogen) atoms. The fourth-order valence-electron chi connectivity index (χ4n) is 2.09. The molecule has 0 saturated carbocycles. The first kappa shape index (κ1) is 14.8. The lowest BCUT2D eigenvalue weighted by Crippen LogP contribution is -2.43. The largest absolute Gasteiger partial charge is 0.354 e. The minimum Gasteiger partial charge on any atom is -0.354 e. The third kappa shape index (κ3) is 3.88. The van der Waals surface area contributed by atoms with Crippen molar-refractivity contribution in [1.82, 2.24) is 15.2 Å². The predicted octanol–water partition coefficient (Wildman–Crippen LogP) is 1.89. The van der Waals surface area contributed by atoms with Crippen LogP contribution >= 0.6 is 0 Å². The Balaban J connectivity index is 2.54. The van der Waals surface area contributed by atoms with Gasteiger partial charge in [-0.05, 0) is 38.6 Å². The van der Waals surface area contributed by atoms with Gasteiger partial charge in [0.15, 0.2) is 0 Å². The second-order valence-electron chi connectivity index (χ2n) is 5.24. The van der Waals surface area contributed by atoms with E-state index in [1.807, 2.05) is 26.2 Å². The van der Waals surface area contributed by atoms with Gasteiger partial charge in [0.25, 0.3) is 5.91 Å². The van der Waals surface area contributed by atoms with E-state index >= 15 is 0 Å². The van der Waals surface area contributed by atoms with Crippen molar-refractivity contribution in [2.75, 3.05) is 20.6 Å². The number of aryl methyl sites for hydroxylation is 1. The smallest absolute Gasteiger partial charge is 0.267 e. The van der Waals surface area contributed by atoms with Crippen LogP contribution in [0.3, 0.4) is 0 Å². The normalized spacial score (nSPS) is 13.1. The Morgan fingerprint density at radius 1 is 1.39 bits per heavy atom. The van der Waals surface area contributed by atoms with Gasteiger partial charge in [0.1, 0.15) is 5.69 Å². The summed E-state index contributed by atoms with van der Waals surface area (Å²) >= 11 is 0. The van der Waals surface area contributed by atoms with Gasteiger partial charge < -0.3 is 15.2 Å². The molecular weight excluding hydrogens is 226 g/mol. The molecule has 0 bridgehead atoms. The van der Waals surface area contributed by atoms with E-state index in [-0.39, 0.29) is 5.91 Å². The molecule has 1 aromatic rings. The van der Waals surface area contributed by atoms with Crippen LogP contribution in [0.2, 0.25) is 0 Å². The molecule has 0 aliphatic heterocycles. The topological polar surface area (TPSA) is 48.1 Å². The second-order valence-corrected chi connectivity index (χ2v) is 5.24. The molecule has 0 fully saturated rings. The molecule has 0 spiro atoms. The summed E-state index contributed by atoms with van der Waals surface area (Å²) in [6.07, 6.45) is 0.916. The number of aromatic nitrogens is 1. The molecular formula is C14H25N3O. The molecule has 0 radical (unpaired) electrons. The van der Waals surface area contributed by atoms with Gasteiger partial charge in [-0.25, -0.2) is 0 Å². The maximum absolute atomic E-state index is 12.0.